The molecule has 1 saturated heterocycles. The lowest BCUT2D eigenvalue weighted by Crippen LogP contribution is -2.62. The highest BCUT2D eigenvalue weighted by atomic mass is 16.2. The fourth-order valence-electron chi connectivity index (χ4n) is 3.03. The molecule has 21 heavy (non-hydrogen) atoms. The van der Waals surface area contributed by atoms with Gasteiger partial charge in [0.1, 0.15) is 5.54 Å². The molecule has 1 aromatic carbocycles. The molecule has 1 aliphatic rings. The van der Waals surface area contributed by atoms with Crippen molar-refractivity contribution in [3.05, 3.63) is 29.3 Å². The normalized spacial score (nSPS) is 18.2. The van der Waals surface area contributed by atoms with E-state index in [1.54, 1.807) is 0 Å². The molecule has 1 fully saturated rings. The number of nitrogens with one attached hydrogen (secondary N) is 1. The van der Waals surface area contributed by atoms with Crippen molar-refractivity contribution in [3.63, 3.8) is 0 Å². The number of benzene rings is 1. The molecule has 4 nitrogen and oxygen atoms in total. The Morgan fingerprint density at radius 3 is 2.62 bits per heavy atom. The van der Waals surface area contributed by atoms with E-state index < -0.39 is 5.54 Å². The van der Waals surface area contributed by atoms with E-state index in [1.165, 1.54) is 16.8 Å². The van der Waals surface area contributed by atoms with Crippen molar-refractivity contribution in [2.45, 2.75) is 39.8 Å². The van der Waals surface area contributed by atoms with Crippen molar-refractivity contribution >= 4 is 11.6 Å². The Morgan fingerprint density at radius 1 is 1.29 bits per heavy atom. The van der Waals surface area contributed by atoms with Gasteiger partial charge in [0, 0.05) is 32.4 Å². The van der Waals surface area contributed by atoms with Gasteiger partial charge in [0.2, 0.25) is 5.91 Å². The summed E-state index contributed by atoms with van der Waals surface area (Å²) >= 11 is 0. The van der Waals surface area contributed by atoms with Gasteiger partial charge in [-0.3, -0.25) is 4.79 Å². The van der Waals surface area contributed by atoms with Crippen molar-refractivity contribution in [2.24, 2.45) is 0 Å². The molecule has 0 unspecified atom stereocenters. The summed E-state index contributed by atoms with van der Waals surface area (Å²) in [5.74, 6) is 0.185. The Labute approximate surface area is 128 Å². The van der Waals surface area contributed by atoms with Crippen molar-refractivity contribution < 1.29 is 4.79 Å². The van der Waals surface area contributed by atoms with Gasteiger partial charge < -0.3 is 15.1 Å². The Morgan fingerprint density at radius 2 is 2.00 bits per heavy atom. The molecule has 0 bridgehead atoms. The fraction of sp³-hybridized carbons (Fsp3) is 0.588. The first kappa shape index (κ1) is 15.8. The molecule has 0 atom stereocenters. The first-order chi connectivity index (χ1) is 9.87. The largest absolute Gasteiger partial charge is 0.355 e. The smallest absolute Gasteiger partial charge is 0.247 e. The molecule has 4 heteroatoms. The van der Waals surface area contributed by atoms with Crippen LogP contribution in [0, 0.1) is 6.92 Å². The number of rotatable bonds is 4. The Hall–Kier alpha value is -1.55. The molecule has 0 saturated carbocycles. The standard InChI is InChI=1S/C17H27N3O/c1-6-18-12-14-7-8-15(13(2)11-14)20-10-9-19(5)16(21)17(20,3)4/h7-8,11,18H,6,9-10,12H2,1-5H3. The lowest BCUT2D eigenvalue weighted by atomic mass is 9.95. The van der Waals surface area contributed by atoms with E-state index in [9.17, 15) is 4.79 Å². The topological polar surface area (TPSA) is 35.6 Å². The van der Waals surface area contributed by atoms with Crippen LogP contribution in [-0.4, -0.2) is 43.0 Å². The number of amides is 1. The van der Waals surface area contributed by atoms with Gasteiger partial charge >= 0.3 is 0 Å². The van der Waals surface area contributed by atoms with Crippen LogP contribution in [0.5, 0.6) is 0 Å². The van der Waals surface area contributed by atoms with Crippen LogP contribution in [0.1, 0.15) is 31.9 Å². The van der Waals surface area contributed by atoms with E-state index in [-0.39, 0.29) is 5.91 Å². The van der Waals surface area contributed by atoms with Crippen LogP contribution >= 0.6 is 0 Å². The molecular formula is C17H27N3O. The van der Waals surface area contributed by atoms with Crippen molar-refractivity contribution in [1.82, 2.24) is 10.2 Å². The maximum Gasteiger partial charge on any atom is 0.247 e. The minimum absolute atomic E-state index is 0.185. The summed E-state index contributed by atoms with van der Waals surface area (Å²) < 4.78 is 0. The Balaban J connectivity index is 2.27. The van der Waals surface area contributed by atoms with Gasteiger partial charge in [-0.25, -0.2) is 0 Å². The van der Waals surface area contributed by atoms with Gasteiger partial charge in [-0.05, 0) is 44.5 Å². The highest BCUT2D eigenvalue weighted by Crippen LogP contribution is 2.31. The zero-order chi connectivity index (χ0) is 15.6. The van der Waals surface area contributed by atoms with E-state index >= 15 is 0 Å². The number of carbonyl (C=O) groups is 1. The SMILES string of the molecule is CCNCc1ccc(N2CCN(C)C(=O)C2(C)C)c(C)c1. The fourth-order valence-corrected chi connectivity index (χ4v) is 3.03. The lowest BCUT2D eigenvalue weighted by Gasteiger charge is -2.46. The molecule has 1 aromatic rings. The average molecular weight is 289 g/mol. The second-order valence-electron chi connectivity index (χ2n) is 6.34. The number of aryl methyl sites for hydroxylation is 1. The second-order valence-corrected chi connectivity index (χ2v) is 6.34. The summed E-state index contributed by atoms with van der Waals surface area (Å²) in [7, 11) is 1.88. The summed E-state index contributed by atoms with van der Waals surface area (Å²) in [5.41, 5.74) is 3.20. The molecule has 0 spiro atoms. The van der Waals surface area contributed by atoms with Gasteiger partial charge in [0.15, 0.2) is 0 Å². The summed E-state index contributed by atoms with van der Waals surface area (Å²) in [6.45, 7) is 11.8. The molecule has 2 rings (SSSR count). The van der Waals surface area contributed by atoms with Crippen molar-refractivity contribution in [2.75, 3.05) is 31.6 Å². The first-order valence-corrected chi connectivity index (χ1v) is 7.71. The second kappa shape index (κ2) is 6.06. The van der Waals surface area contributed by atoms with E-state index in [0.717, 1.165) is 26.2 Å². The van der Waals surface area contributed by atoms with E-state index in [2.05, 4.69) is 42.3 Å². The highest BCUT2D eigenvalue weighted by molar-refractivity contribution is 5.90. The van der Waals surface area contributed by atoms with Crippen LogP contribution in [-0.2, 0) is 11.3 Å². The zero-order valence-electron chi connectivity index (χ0n) is 13.9. The van der Waals surface area contributed by atoms with Gasteiger partial charge in [0.25, 0.3) is 0 Å². The minimum Gasteiger partial charge on any atom is -0.355 e. The number of carbonyl (C=O) groups excluding carboxylic acids is 1. The molecule has 1 heterocycles. The number of piperazine rings is 1. The number of anilines is 1. The van der Waals surface area contributed by atoms with Crippen molar-refractivity contribution in [1.29, 1.82) is 0 Å². The summed E-state index contributed by atoms with van der Waals surface area (Å²) in [6, 6.07) is 6.53. The molecule has 0 aromatic heterocycles. The molecule has 0 radical (unpaired) electrons. The Bertz CT molecular complexity index is 525. The van der Waals surface area contributed by atoms with Gasteiger partial charge in [-0.1, -0.05) is 19.1 Å². The van der Waals surface area contributed by atoms with Gasteiger partial charge in [-0.15, -0.1) is 0 Å². The molecule has 1 N–H and O–H groups in total. The summed E-state index contributed by atoms with van der Waals surface area (Å²) in [4.78, 5) is 16.5. The number of hydrogen-bond donors (Lipinski definition) is 1. The van der Waals surface area contributed by atoms with E-state index in [1.807, 2.05) is 25.8 Å². The lowest BCUT2D eigenvalue weighted by molar-refractivity contribution is -0.136. The first-order valence-electron chi connectivity index (χ1n) is 7.71. The molecule has 1 aliphatic heterocycles. The summed E-state index contributed by atoms with van der Waals surface area (Å²) in [6.07, 6.45) is 0. The van der Waals surface area contributed by atoms with Crippen LogP contribution < -0.4 is 10.2 Å². The third kappa shape index (κ3) is 3.05. The van der Waals surface area contributed by atoms with Crippen LogP contribution in [0.2, 0.25) is 0 Å². The van der Waals surface area contributed by atoms with Crippen LogP contribution in [0.25, 0.3) is 0 Å². The minimum atomic E-state index is -0.485. The molecular weight excluding hydrogens is 262 g/mol. The molecule has 0 aliphatic carbocycles. The molecule has 116 valence electrons. The van der Waals surface area contributed by atoms with Crippen LogP contribution in [0.4, 0.5) is 5.69 Å². The average Bonchev–Trinajstić information content (AvgIpc) is 2.44. The molecule has 1 amide bonds. The maximum atomic E-state index is 12.4. The third-order valence-corrected chi connectivity index (χ3v) is 4.34. The zero-order valence-corrected chi connectivity index (χ0v) is 13.9. The Kier molecular flexibility index (Phi) is 4.57. The maximum absolute atomic E-state index is 12.4. The predicted molar refractivity (Wildman–Crippen MR) is 87.6 cm³/mol. The predicted octanol–water partition coefficient (Wildman–Crippen LogP) is 2.16. The number of nitrogens with zero attached hydrogens (tertiary/aromatic N) is 2. The number of hydrogen-bond acceptors (Lipinski definition) is 3. The van der Waals surface area contributed by atoms with Gasteiger partial charge in [0.05, 0.1) is 0 Å². The van der Waals surface area contributed by atoms with E-state index in [0.29, 0.717) is 0 Å². The van der Waals surface area contributed by atoms with Crippen LogP contribution in [0.3, 0.4) is 0 Å². The van der Waals surface area contributed by atoms with Crippen molar-refractivity contribution in [3.8, 4) is 0 Å². The third-order valence-electron chi connectivity index (χ3n) is 4.34. The summed E-state index contributed by atoms with van der Waals surface area (Å²) in [5, 5.41) is 3.35. The van der Waals surface area contributed by atoms with Crippen LogP contribution in [0.15, 0.2) is 18.2 Å². The quantitative estimate of drug-likeness (QED) is 0.922. The highest BCUT2D eigenvalue weighted by Gasteiger charge is 2.40. The van der Waals surface area contributed by atoms with E-state index in [4.69, 9.17) is 0 Å². The van der Waals surface area contributed by atoms with Gasteiger partial charge in [-0.2, -0.15) is 0 Å². The monoisotopic (exact) mass is 289 g/mol. The number of likely N-dealkylation sites (N-methyl/N-ethyl adjacent to an activating group) is 1.